The second-order valence-electron chi connectivity index (χ2n) is 8.01. The zero-order valence-electron chi connectivity index (χ0n) is 16.0. The van der Waals surface area contributed by atoms with Gasteiger partial charge in [-0.05, 0) is 30.5 Å². The molecule has 2 fully saturated rings. The number of piperidine rings is 1. The second-order valence-corrected chi connectivity index (χ2v) is 8.01. The van der Waals surface area contributed by atoms with E-state index in [1.54, 1.807) is 18.2 Å². The van der Waals surface area contributed by atoms with Crippen molar-refractivity contribution >= 4 is 23.6 Å². The third-order valence-electron chi connectivity index (χ3n) is 5.98. The molecule has 0 aromatic heterocycles. The summed E-state index contributed by atoms with van der Waals surface area (Å²) in [6.45, 7) is 3.14. The third-order valence-corrected chi connectivity index (χ3v) is 5.98. The van der Waals surface area contributed by atoms with Crippen molar-refractivity contribution in [1.82, 2.24) is 20.9 Å². The minimum Gasteiger partial charge on any atom is -0.396 e. The zero-order valence-corrected chi connectivity index (χ0v) is 16.0. The number of hydrogen-bond donors (Lipinski definition) is 4. The van der Waals surface area contributed by atoms with Gasteiger partial charge < -0.3 is 15.7 Å². The van der Waals surface area contributed by atoms with Crippen LogP contribution in [-0.4, -0.2) is 65.9 Å². The molecule has 4 amide bonds. The molecule has 0 bridgehead atoms. The lowest BCUT2D eigenvalue weighted by atomic mass is 9.79. The molecule has 3 aliphatic rings. The van der Waals surface area contributed by atoms with Gasteiger partial charge in [0, 0.05) is 44.6 Å². The minimum atomic E-state index is -0.953. The summed E-state index contributed by atoms with van der Waals surface area (Å²) in [4.78, 5) is 50.0. The van der Waals surface area contributed by atoms with Gasteiger partial charge in [0.25, 0.3) is 11.8 Å². The van der Waals surface area contributed by atoms with Crippen LogP contribution in [-0.2, 0) is 16.1 Å². The van der Waals surface area contributed by atoms with E-state index in [9.17, 15) is 24.3 Å². The van der Waals surface area contributed by atoms with Crippen molar-refractivity contribution in [2.75, 3.05) is 26.2 Å². The summed E-state index contributed by atoms with van der Waals surface area (Å²) in [6.07, 6.45) is 0.972. The summed E-state index contributed by atoms with van der Waals surface area (Å²) in [7, 11) is 0. The number of carbonyl (C=O) groups excluding carboxylic acids is 4. The first-order valence-corrected chi connectivity index (χ1v) is 9.81. The number of amides is 4. The number of carbonyl (C=O) groups is 4. The maximum absolute atomic E-state index is 12.8. The molecule has 3 aliphatic heterocycles. The van der Waals surface area contributed by atoms with Gasteiger partial charge in [-0.1, -0.05) is 6.07 Å². The number of imide groups is 2. The molecule has 154 valence electrons. The molecule has 1 unspecified atom stereocenters. The van der Waals surface area contributed by atoms with Gasteiger partial charge in [-0.15, -0.1) is 0 Å². The van der Waals surface area contributed by atoms with Crippen LogP contribution in [0.25, 0.3) is 0 Å². The summed E-state index contributed by atoms with van der Waals surface area (Å²) in [5, 5.41) is 18.0. The van der Waals surface area contributed by atoms with Gasteiger partial charge in [0.15, 0.2) is 0 Å². The lowest BCUT2D eigenvalue weighted by molar-refractivity contribution is -0.136. The zero-order chi connectivity index (χ0) is 20.6. The number of rotatable bonds is 7. The smallest absolute Gasteiger partial charge is 0.262 e. The van der Waals surface area contributed by atoms with Crippen molar-refractivity contribution in [3.8, 4) is 0 Å². The average molecular weight is 400 g/mol. The third kappa shape index (κ3) is 3.57. The van der Waals surface area contributed by atoms with Crippen LogP contribution in [0.15, 0.2) is 18.2 Å². The Balaban J connectivity index is 1.44. The summed E-state index contributed by atoms with van der Waals surface area (Å²) >= 11 is 0. The van der Waals surface area contributed by atoms with Crippen molar-refractivity contribution in [2.45, 2.75) is 31.8 Å². The van der Waals surface area contributed by atoms with Crippen molar-refractivity contribution < 1.29 is 24.3 Å². The Hall–Kier alpha value is -2.62. The van der Waals surface area contributed by atoms with E-state index in [0.29, 0.717) is 6.54 Å². The van der Waals surface area contributed by atoms with E-state index in [1.165, 1.54) is 0 Å². The number of aliphatic hydroxyl groups excluding tert-OH is 1. The highest BCUT2D eigenvalue weighted by Crippen LogP contribution is 2.29. The average Bonchev–Trinajstić information content (AvgIpc) is 2.90. The van der Waals surface area contributed by atoms with Crippen LogP contribution < -0.4 is 16.0 Å². The van der Waals surface area contributed by atoms with E-state index < -0.39 is 29.7 Å². The Morgan fingerprint density at radius 3 is 2.55 bits per heavy atom. The normalized spacial score (nSPS) is 23.1. The van der Waals surface area contributed by atoms with Gasteiger partial charge in [-0.2, -0.15) is 0 Å². The van der Waals surface area contributed by atoms with Crippen molar-refractivity contribution in [1.29, 1.82) is 0 Å². The molecule has 4 N–H and O–H groups in total. The first-order valence-electron chi connectivity index (χ1n) is 9.81. The highest BCUT2D eigenvalue weighted by molar-refractivity contribution is 6.23. The largest absolute Gasteiger partial charge is 0.396 e. The van der Waals surface area contributed by atoms with Crippen molar-refractivity contribution in [3.05, 3.63) is 34.9 Å². The molecule has 1 atom stereocenters. The number of fused-ring (bicyclic) bond motifs is 1. The van der Waals surface area contributed by atoms with E-state index in [-0.39, 0.29) is 36.0 Å². The topological polar surface area (TPSA) is 128 Å². The molecular weight excluding hydrogens is 376 g/mol. The Kier molecular flexibility index (Phi) is 5.20. The molecule has 9 heteroatoms. The number of hydrogen-bond acceptors (Lipinski definition) is 7. The maximum atomic E-state index is 12.8. The minimum absolute atomic E-state index is 0.0554. The molecule has 9 nitrogen and oxygen atoms in total. The van der Waals surface area contributed by atoms with Gasteiger partial charge in [-0.3, -0.25) is 29.4 Å². The predicted molar refractivity (Wildman–Crippen MR) is 102 cm³/mol. The van der Waals surface area contributed by atoms with Crippen LogP contribution in [0.5, 0.6) is 0 Å². The predicted octanol–water partition coefficient (Wildman–Crippen LogP) is -0.851. The Bertz CT molecular complexity index is 880. The molecule has 0 aliphatic carbocycles. The highest BCUT2D eigenvalue weighted by atomic mass is 16.3. The molecule has 3 heterocycles. The second kappa shape index (κ2) is 7.66. The molecule has 2 saturated heterocycles. The van der Waals surface area contributed by atoms with E-state index in [0.717, 1.165) is 36.5 Å². The SMILES string of the molecule is O=C1CCC(N2C(=O)c3ccc(CNCC4(CCO)CNC4)cc3C2=O)C(=O)N1. The van der Waals surface area contributed by atoms with Crippen molar-refractivity contribution in [3.63, 3.8) is 0 Å². The van der Waals surface area contributed by atoms with Crippen LogP contribution in [0.1, 0.15) is 45.5 Å². The summed E-state index contributed by atoms with van der Waals surface area (Å²) in [5.41, 5.74) is 1.49. The van der Waals surface area contributed by atoms with Crippen LogP contribution in [0.4, 0.5) is 0 Å². The van der Waals surface area contributed by atoms with E-state index >= 15 is 0 Å². The number of aliphatic hydroxyl groups is 1. The Morgan fingerprint density at radius 2 is 1.90 bits per heavy atom. The molecular formula is C20H24N4O5. The molecule has 4 rings (SSSR count). The quantitative estimate of drug-likeness (QED) is 0.439. The van der Waals surface area contributed by atoms with Gasteiger partial charge in [0.1, 0.15) is 6.04 Å². The fourth-order valence-corrected chi connectivity index (χ4v) is 4.21. The molecule has 0 saturated carbocycles. The molecule has 1 aromatic carbocycles. The van der Waals surface area contributed by atoms with Gasteiger partial charge in [0.05, 0.1) is 11.1 Å². The Morgan fingerprint density at radius 1 is 1.14 bits per heavy atom. The number of nitrogens with zero attached hydrogens (tertiary/aromatic N) is 1. The van der Waals surface area contributed by atoms with Gasteiger partial charge >= 0.3 is 0 Å². The number of nitrogens with one attached hydrogen (secondary N) is 3. The van der Waals surface area contributed by atoms with Crippen LogP contribution >= 0.6 is 0 Å². The molecule has 29 heavy (non-hydrogen) atoms. The monoisotopic (exact) mass is 400 g/mol. The maximum Gasteiger partial charge on any atom is 0.262 e. The fourth-order valence-electron chi connectivity index (χ4n) is 4.21. The summed E-state index contributed by atoms with van der Waals surface area (Å²) in [5.74, 6) is -2.00. The number of benzene rings is 1. The summed E-state index contributed by atoms with van der Waals surface area (Å²) in [6, 6.07) is 4.15. The Labute approximate surface area is 167 Å². The van der Waals surface area contributed by atoms with Crippen LogP contribution in [0.2, 0.25) is 0 Å². The van der Waals surface area contributed by atoms with Crippen LogP contribution in [0, 0.1) is 5.41 Å². The first-order chi connectivity index (χ1) is 13.9. The van der Waals surface area contributed by atoms with E-state index in [1.807, 2.05) is 0 Å². The summed E-state index contributed by atoms with van der Waals surface area (Å²) < 4.78 is 0. The van der Waals surface area contributed by atoms with Gasteiger partial charge in [0.2, 0.25) is 11.8 Å². The lowest BCUT2D eigenvalue weighted by Gasteiger charge is -2.42. The highest BCUT2D eigenvalue weighted by Gasteiger charge is 2.44. The van der Waals surface area contributed by atoms with E-state index in [2.05, 4.69) is 16.0 Å². The van der Waals surface area contributed by atoms with Crippen molar-refractivity contribution in [2.24, 2.45) is 5.41 Å². The molecule has 1 aromatic rings. The van der Waals surface area contributed by atoms with Gasteiger partial charge in [-0.25, -0.2) is 0 Å². The molecule has 0 spiro atoms. The fraction of sp³-hybridized carbons (Fsp3) is 0.500. The molecule has 0 radical (unpaired) electrons. The lowest BCUT2D eigenvalue weighted by Crippen LogP contribution is -2.58. The standard InChI is InChI=1S/C20H24N4O5/c25-6-5-20(10-22-11-20)9-21-8-12-1-2-13-14(7-12)19(29)24(18(13)28)15-3-4-16(26)23-17(15)27/h1-2,7,15,21-22,25H,3-6,8-11H2,(H,23,26,27). The van der Waals surface area contributed by atoms with E-state index in [4.69, 9.17) is 0 Å². The van der Waals surface area contributed by atoms with Crippen LogP contribution in [0.3, 0.4) is 0 Å². The first kappa shape index (κ1) is 19.7.